The predicted octanol–water partition coefficient (Wildman–Crippen LogP) is 1.43. The van der Waals surface area contributed by atoms with Gasteiger partial charge in [0.05, 0.1) is 11.8 Å². The number of nitrogens with two attached hydrogens (primary N) is 1. The highest BCUT2D eigenvalue weighted by molar-refractivity contribution is 7.80. The number of hydrazine groups is 1. The molecule has 0 unspecified atom stereocenters. The first-order valence-corrected chi connectivity index (χ1v) is 5.74. The van der Waals surface area contributed by atoms with E-state index in [0.717, 1.165) is 0 Å². The lowest BCUT2D eigenvalue weighted by molar-refractivity contribution is 0.0861. The van der Waals surface area contributed by atoms with E-state index in [0.29, 0.717) is 23.8 Å². The van der Waals surface area contributed by atoms with E-state index >= 15 is 0 Å². The van der Waals surface area contributed by atoms with Gasteiger partial charge in [-0.3, -0.25) is 15.2 Å². The van der Waals surface area contributed by atoms with E-state index in [1.54, 1.807) is 13.0 Å². The van der Waals surface area contributed by atoms with Crippen LogP contribution in [0.3, 0.4) is 0 Å². The molecule has 0 aromatic carbocycles. The SMILES string of the molecule is Cc1occc1C(=O)NN(CC(C)C)C(N)=S. The van der Waals surface area contributed by atoms with E-state index in [9.17, 15) is 4.79 Å². The lowest BCUT2D eigenvalue weighted by atomic mass is 10.2. The third-order valence-electron chi connectivity index (χ3n) is 2.15. The number of thiocarbonyl (C=S) groups is 1. The van der Waals surface area contributed by atoms with Crippen LogP contribution < -0.4 is 11.2 Å². The van der Waals surface area contributed by atoms with Crippen LogP contribution in [0.5, 0.6) is 0 Å². The number of furan rings is 1. The molecule has 1 amide bonds. The lowest BCUT2D eigenvalue weighted by Crippen LogP contribution is -2.50. The molecular weight excluding hydrogens is 238 g/mol. The van der Waals surface area contributed by atoms with Crippen LogP contribution in [-0.4, -0.2) is 22.6 Å². The Bertz CT molecular complexity index is 415. The van der Waals surface area contributed by atoms with Crippen molar-refractivity contribution in [2.45, 2.75) is 20.8 Å². The van der Waals surface area contributed by atoms with Gasteiger partial charge in [0, 0.05) is 6.54 Å². The number of nitrogens with one attached hydrogen (secondary N) is 1. The zero-order chi connectivity index (χ0) is 13.0. The predicted molar refractivity (Wildman–Crippen MR) is 69.2 cm³/mol. The van der Waals surface area contributed by atoms with Gasteiger partial charge in [-0.15, -0.1) is 0 Å². The van der Waals surface area contributed by atoms with E-state index in [2.05, 4.69) is 5.43 Å². The molecule has 0 aliphatic carbocycles. The van der Waals surface area contributed by atoms with Crippen LogP contribution in [0.1, 0.15) is 30.0 Å². The van der Waals surface area contributed by atoms with Crippen LogP contribution in [0.15, 0.2) is 16.7 Å². The fraction of sp³-hybridized carbons (Fsp3) is 0.455. The molecule has 1 aromatic rings. The van der Waals surface area contributed by atoms with E-state index in [4.69, 9.17) is 22.4 Å². The summed E-state index contributed by atoms with van der Waals surface area (Å²) in [6.45, 7) is 6.32. The van der Waals surface area contributed by atoms with Crippen molar-refractivity contribution in [3.63, 3.8) is 0 Å². The summed E-state index contributed by atoms with van der Waals surface area (Å²) < 4.78 is 5.07. The third kappa shape index (κ3) is 3.74. The Hall–Kier alpha value is -1.56. The molecule has 1 aromatic heterocycles. The van der Waals surface area contributed by atoms with Crippen molar-refractivity contribution in [3.8, 4) is 0 Å². The molecule has 5 nitrogen and oxygen atoms in total. The number of hydrogen-bond donors (Lipinski definition) is 2. The summed E-state index contributed by atoms with van der Waals surface area (Å²) in [6.07, 6.45) is 1.47. The van der Waals surface area contributed by atoms with Crippen molar-refractivity contribution in [2.24, 2.45) is 11.7 Å². The number of aryl methyl sites for hydroxylation is 1. The number of carbonyl (C=O) groups is 1. The maximum atomic E-state index is 11.9. The first-order chi connectivity index (χ1) is 7.91. The summed E-state index contributed by atoms with van der Waals surface area (Å²) in [5.41, 5.74) is 8.68. The Morgan fingerprint density at radius 1 is 1.65 bits per heavy atom. The van der Waals surface area contributed by atoms with Gasteiger partial charge in [0.15, 0.2) is 5.11 Å². The number of amides is 1. The molecule has 94 valence electrons. The van der Waals surface area contributed by atoms with Crippen molar-refractivity contribution in [3.05, 3.63) is 23.7 Å². The zero-order valence-electron chi connectivity index (χ0n) is 10.2. The van der Waals surface area contributed by atoms with Crippen LogP contribution in [0.25, 0.3) is 0 Å². The van der Waals surface area contributed by atoms with Crippen LogP contribution in [-0.2, 0) is 0 Å². The van der Waals surface area contributed by atoms with Gasteiger partial charge >= 0.3 is 0 Å². The molecule has 0 saturated carbocycles. The minimum absolute atomic E-state index is 0.146. The minimum atomic E-state index is -0.273. The van der Waals surface area contributed by atoms with Crippen molar-refractivity contribution < 1.29 is 9.21 Å². The van der Waals surface area contributed by atoms with Gasteiger partial charge in [-0.25, -0.2) is 0 Å². The Labute approximate surface area is 106 Å². The second-order valence-electron chi connectivity index (χ2n) is 4.17. The largest absolute Gasteiger partial charge is 0.469 e. The number of hydrogen-bond acceptors (Lipinski definition) is 3. The summed E-state index contributed by atoms with van der Waals surface area (Å²) in [5.74, 6) is 0.627. The normalized spacial score (nSPS) is 10.4. The molecule has 17 heavy (non-hydrogen) atoms. The van der Waals surface area contributed by atoms with E-state index in [1.807, 2.05) is 13.8 Å². The van der Waals surface area contributed by atoms with Gasteiger partial charge in [0.2, 0.25) is 0 Å². The molecule has 0 atom stereocenters. The van der Waals surface area contributed by atoms with Gasteiger partial charge in [0.1, 0.15) is 5.76 Å². The van der Waals surface area contributed by atoms with Gasteiger partial charge in [-0.1, -0.05) is 13.8 Å². The topological polar surface area (TPSA) is 71.5 Å². The first-order valence-electron chi connectivity index (χ1n) is 5.34. The summed E-state index contributed by atoms with van der Waals surface area (Å²) in [7, 11) is 0. The maximum absolute atomic E-state index is 11.9. The average molecular weight is 255 g/mol. The molecule has 3 N–H and O–H groups in total. The fourth-order valence-electron chi connectivity index (χ4n) is 1.36. The summed E-state index contributed by atoms with van der Waals surface area (Å²) >= 11 is 4.88. The van der Waals surface area contributed by atoms with Crippen molar-refractivity contribution in [2.75, 3.05) is 6.54 Å². The Balaban J connectivity index is 2.71. The van der Waals surface area contributed by atoms with E-state index in [1.165, 1.54) is 11.3 Å². The average Bonchev–Trinajstić information content (AvgIpc) is 2.62. The van der Waals surface area contributed by atoms with Gasteiger partial charge in [-0.05, 0) is 31.1 Å². The number of nitrogens with zero attached hydrogens (tertiary/aromatic N) is 1. The van der Waals surface area contributed by atoms with Gasteiger partial charge < -0.3 is 10.2 Å². The smallest absolute Gasteiger partial charge is 0.273 e. The van der Waals surface area contributed by atoms with Crippen molar-refractivity contribution >= 4 is 23.2 Å². The van der Waals surface area contributed by atoms with Gasteiger partial charge in [0.25, 0.3) is 5.91 Å². The summed E-state index contributed by atoms with van der Waals surface area (Å²) in [4.78, 5) is 11.9. The molecule has 0 fully saturated rings. The highest BCUT2D eigenvalue weighted by Crippen LogP contribution is 2.08. The maximum Gasteiger partial charge on any atom is 0.273 e. The second kappa shape index (κ2) is 5.67. The van der Waals surface area contributed by atoms with Crippen LogP contribution in [0, 0.1) is 12.8 Å². The molecule has 0 saturated heterocycles. The van der Waals surface area contributed by atoms with Crippen LogP contribution in [0.4, 0.5) is 0 Å². The molecule has 6 heteroatoms. The molecule has 0 bridgehead atoms. The Kier molecular flexibility index (Phi) is 4.51. The molecule has 1 rings (SSSR count). The molecule has 0 spiro atoms. The number of rotatable bonds is 3. The van der Waals surface area contributed by atoms with E-state index < -0.39 is 0 Å². The quantitative estimate of drug-likeness (QED) is 0.631. The van der Waals surface area contributed by atoms with Crippen molar-refractivity contribution in [1.82, 2.24) is 10.4 Å². The second-order valence-corrected chi connectivity index (χ2v) is 4.59. The van der Waals surface area contributed by atoms with E-state index in [-0.39, 0.29) is 11.0 Å². The standard InChI is InChI=1S/C11H17N3O2S/c1-7(2)6-14(11(12)17)13-10(15)9-4-5-16-8(9)3/h4-5,7H,6H2,1-3H3,(H2,12,17)(H,13,15). The fourth-order valence-corrected chi connectivity index (χ4v) is 1.48. The van der Waals surface area contributed by atoms with Crippen LogP contribution >= 0.6 is 12.2 Å². The molecule has 0 radical (unpaired) electrons. The van der Waals surface area contributed by atoms with Crippen molar-refractivity contribution in [1.29, 1.82) is 0 Å². The van der Waals surface area contributed by atoms with Gasteiger partial charge in [-0.2, -0.15) is 0 Å². The third-order valence-corrected chi connectivity index (χ3v) is 2.37. The zero-order valence-corrected chi connectivity index (χ0v) is 11.0. The highest BCUT2D eigenvalue weighted by atomic mass is 32.1. The lowest BCUT2D eigenvalue weighted by Gasteiger charge is -2.24. The number of carbonyl (C=O) groups excluding carboxylic acids is 1. The molecule has 0 aliphatic rings. The summed E-state index contributed by atoms with van der Waals surface area (Å²) in [6, 6.07) is 1.61. The minimum Gasteiger partial charge on any atom is -0.469 e. The molecular formula is C11H17N3O2S. The first kappa shape index (κ1) is 13.5. The highest BCUT2D eigenvalue weighted by Gasteiger charge is 2.16. The summed E-state index contributed by atoms with van der Waals surface area (Å²) in [5, 5.41) is 1.61. The Morgan fingerprint density at radius 3 is 2.71 bits per heavy atom. The Morgan fingerprint density at radius 2 is 2.29 bits per heavy atom. The monoisotopic (exact) mass is 255 g/mol. The molecule has 0 aliphatic heterocycles. The van der Waals surface area contributed by atoms with Crippen LogP contribution in [0.2, 0.25) is 0 Å². The molecule has 1 heterocycles.